The van der Waals surface area contributed by atoms with Gasteiger partial charge in [0, 0.05) is 29.6 Å². The topological polar surface area (TPSA) is 69.0 Å². The molecule has 2 aromatic carbocycles. The first-order valence-electron chi connectivity index (χ1n) is 9.93. The highest BCUT2D eigenvalue weighted by molar-refractivity contribution is 5.88. The number of hydrogen-bond donors (Lipinski definition) is 0. The number of hydrogen-bond acceptors (Lipinski definition) is 6. The predicted molar refractivity (Wildman–Crippen MR) is 114 cm³/mol. The summed E-state index contributed by atoms with van der Waals surface area (Å²) in [6.45, 7) is 7.80. The Balaban J connectivity index is 1.71. The molecule has 6 nitrogen and oxygen atoms in total. The number of carbonyl (C=O) groups is 1. The van der Waals surface area contributed by atoms with Gasteiger partial charge in [-0.15, -0.1) is 0 Å². The fourth-order valence-corrected chi connectivity index (χ4v) is 3.97. The third kappa shape index (κ3) is 3.71. The van der Waals surface area contributed by atoms with E-state index in [2.05, 4.69) is 36.1 Å². The molecule has 0 radical (unpaired) electrons. The van der Waals surface area contributed by atoms with E-state index in [0.29, 0.717) is 17.9 Å². The molecule has 4 rings (SSSR count). The second-order valence-electron chi connectivity index (χ2n) is 7.86. The lowest BCUT2D eigenvalue weighted by atomic mass is 9.97. The van der Waals surface area contributed by atoms with Crippen molar-refractivity contribution in [2.75, 3.05) is 13.8 Å². The minimum absolute atomic E-state index is 0.104. The standard InChI is InChI=1S/C24H25NO5/c1-14-5-7-17(8-6-14)11-25-12-18-9-19-15(2)20(10-21(26)28-4)24(27)30-23(19)16(3)22(18)29-13-25/h5-9H,10-13H2,1-4H3. The molecule has 0 saturated heterocycles. The van der Waals surface area contributed by atoms with Gasteiger partial charge >= 0.3 is 11.6 Å². The van der Waals surface area contributed by atoms with Gasteiger partial charge in [-0.1, -0.05) is 29.8 Å². The molecule has 0 unspecified atom stereocenters. The van der Waals surface area contributed by atoms with Gasteiger partial charge in [-0.2, -0.15) is 0 Å². The second kappa shape index (κ2) is 7.95. The maximum atomic E-state index is 12.5. The molecule has 1 aromatic heterocycles. The van der Waals surface area contributed by atoms with E-state index in [1.54, 1.807) is 0 Å². The molecule has 0 saturated carbocycles. The first-order chi connectivity index (χ1) is 14.4. The van der Waals surface area contributed by atoms with Crippen LogP contribution in [0.4, 0.5) is 0 Å². The molecule has 1 aliphatic heterocycles. The van der Waals surface area contributed by atoms with Crippen molar-refractivity contribution in [3.63, 3.8) is 0 Å². The Hall–Kier alpha value is -3.12. The first kappa shape index (κ1) is 20.2. The number of rotatable bonds is 4. The van der Waals surface area contributed by atoms with Crippen LogP contribution >= 0.6 is 0 Å². The Morgan fingerprint density at radius 1 is 1.13 bits per heavy atom. The zero-order valence-corrected chi connectivity index (χ0v) is 17.7. The van der Waals surface area contributed by atoms with E-state index in [9.17, 15) is 9.59 Å². The molecule has 0 bridgehead atoms. The predicted octanol–water partition coefficient (Wildman–Crippen LogP) is 3.79. The average Bonchev–Trinajstić information content (AvgIpc) is 2.73. The van der Waals surface area contributed by atoms with Crippen LogP contribution in [0.25, 0.3) is 11.0 Å². The van der Waals surface area contributed by atoms with Gasteiger partial charge in [-0.3, -0.25) is 9.69 Å². The van der Waals surface area contributed by atoms with Crippen molar-refractivity contribution < 1.29 is 18.7 Å². The lowest BCUT2D eigenvalue weighted by Gasteiger charge is -2.30. The van der Waals surface area contributed by atoms with Crippen LogP contribution in [-0.2, 0) is 29.0 Å². The summed E-state index contributed by atoms with van der Waals surface area (Å²) in [5.74, 6) is 0.304. The molecular formula is C24H25NO5. The Kier molecular flexibility index (Phi) is 5.35. The van der Waals surface area contributed by atoms with Crippen molar-refractivity contribution in [2.24, 2.45) is 0 Å². The van der Waals surface area contributed by atoms with E-state index in [1.165, 1.54) is 18.2 Å². The summed E-state index contributed by atoms with van der Waals surface area (Å²) in [5, 5.41) is 0.825. The van der Waals surface area contributed by atoms with Crippen molar-refractivity contribution in [1.29, 1.82) is 0 Å². The fourth-order valence-electron chi connectivity index (χ4n) is 3.97. The number of methoxy groups -OCH3 is 1. The van der Waals surface area contributed by atoms with Gasteiger partial charge in [0.1, 0.15) is 18.1 Å². The van der Waals surface area contributed by atoms with Crippen LogP contribution in [0.5, 0.6) is 5.75 Å². The van der Waals surface area contributed by atoms with Crippen LogP contribution in [0.3, 0.4) is 0 Å². The number of esters is 1. The Morgan fingerprint density at radius 2 is 1.87 bits per heavy atom. The zero-order chi connectivity index (χ0) is 21.4. The number of aryl methyl sites for hydroxylation is 3. The van der Waals surface area contributed by atoms with E-state index in [1.807, 2.05) is 19.9 Å². The van der Waals surface area contributed by atoms with Gasteiger partial charge in [0.2, 0.25) is 0 Å². The zero-order valence-electron chi connectivity index (χ0n) is 17.7. The van der Waals surface area contributed by atoms with E-state index in [-0.39, 0.29) is 6.42 Å². The number of carbonyl (C=O) groups excluding carboxylic acids is 1. The molecular weight excluding hydrogens is 382 g/mol. The maximum absolute atomic E-state index is 12.5. The monoisotopic (exact) mass is 407 g/mol. The molecule has 0 N–H and O–H groups in total. The summed E-state index contributed by atoms with van der Waals surface area (Å²) in [7, 11) is 1.31. The van der Waals surface area contributed by atoms with Crippen LogP contribution < -0.4 is 10.4 Å². The van der Waals surface area contributed by atoms with Crippen molar-refractivity contribution in [1.82, 2.24) is 4.90 Å². The average molecular weight is 407 g/mol. The highest BCUT2D eigenvalue weighted by atomic mass is 16.5. The van der Waals surface area contributed by atoms with Crippen LogP contribution in [0, 0.1) is 20.8 Å². The Morgan fingerprint density at radius 3 is 2.57 bits per heavy atom. The summed E-state index contributed by atoms with van der Waals surface area (Å²) in [6, 6.07) is 10.5. The van der Waals surface area contributed by atoms with Crippen molar-refractivity contribution >= 4 is 16.9 Å². The third-order valence-corrected chi connectivity index (χ3v) is 5.69. The second-order valence-corrected chi connectivity index (χ2v) is 7.86. The molecule has 0 aliphatic carbocycles. The number of fused-ring (bicyclic) bond motifs is 2. The molecule has 6 heteroatoms. The quantitative estimate of drug-likeness (QED) is 0.484. The molecule has 0 atom stereocenters. The molecule has 30 heavy (non-hydrogen) atoms. The lowest BCUT2D eigenvalue weighted by Crippen LogP contribution is -2.32. The van der Waals surface area contributed by atoms with E-state index in [0.717, 1.165) is 40.9 Å². The summed E-state index contributed by atoms with van der Waals surface area (Å²) >= 11 is 0. The van der Waals surface area contributed by atoms with Gasteiger partial charge < -0.3 is 13.9 Å². The third-order valence-electron chi connectivity index (χ3n) is 5.69. The maximum Gasteiger partial charge on any atom is 0.340 e. The van der Waals surface area contributed by atoms with E-state index >= 15 is 0 Å². The van der Waals surface area contributed by atoms with Gasteiger partial charge in [0.25, 0.3) is 0 Å². The van der Waals surface area contributed by atoms with Crippen LogP contribution in [0.1, 0.15) is 33.4 Å². The fraction of sp³-hybridized carbons (Fsp3) is 0.333. The SMILES string of the molecule is COC(=O)Cc1c(C)c2cc3c(c(C)c2oc1=O)OCN(Cc1ccc(C)cc1)C3. The van der Waals surface area contributed by atoms with Gasteiger partial charge in [-0.25, -0.2) is 4.79 Å². The molecule has 0 fully saturated rings. The van der Waals surface area contributed by atoms with Crippen LogP contribution in [0.2, 0.25) is 0 Å². The smallest absolute Gasteiger partial charge is 0.340 e. The number of benzene rings is 2. The summed E-state index contributed by atoms with van der Waals surface area (Å²) in [6.07, 6.45) is -0.104. The molecule has 2 heterocycles. The largest absolute Gasteiger partial charge is 0.477 e. The van der Waals surface area contributed by atoms with Gasteiger partial charge in [0.15, 0.2) is 0 Å². The Bertz CT molecular complexity index is 1180. The highest BCUT2D eigenvalue weighted by Crippen LogP contribution is 2.36. The van der Waals surface area contributed by atoms with Crippen molar-refractivity contribution in [2.45, 2.75) is 40.3 Å². The Labute approximate surface area is 175 Å². The molecule has 1 aliphatic rings. The molecule has 0 amide bonds. The van der Waals surface area contributed by atoms with E-state index < -0.39 is 11.6 Å². The minimum atomic E-state index is -0.509. The summed E-state index contributed by atoms with van der Waals surface area (Å²) < 4.78 is 16.4. The van der Waals surface area contributed by atoms with Gasteiger partial charge in [0.05, 0.1) is 19.1 Å². The molecule has 0 spiro atoms. The molecule has 3 aromatic rings. The number of ether oxygens (including phenoxy) is 2. The summed E-state index contributed by atoms with van der Waals surface area (Å²) in [5.41, 5.74) is 5.40. The summed E-state index contributed by atoms with van der Waals surface area (Å²) in [4.78, 5) is 26.4. The lowest BCUT2D eigenvalue weighted by molar-refractivity contribution is -0.139. The van der Waals surface area contributed by atoms with Crippen molar-refractivity contribution in [3.05, 3.63) is 74.1 Å². The molecule has 156 valence electrons. The normalized spacial score (nSPS) is 13.7. The number of nitrogens with zero attached hydrogens (tertiary/aromatic N) is 1. The van der Waals surface area contributed by atoms with Crippen LogP contribution in [-0.4, -0.2) is 24.7 Å². The highest BCUT2D eigenvalue weighted by Gasteiger charge is 2.24. The van der Waals surface area contributed by atoms with Crippen LogP contribution in [0.15, 0.2) is 39.5 Å². The van der Waals surface area contributed by atoms with Gasteiger partial charge in [-0.05, 0) is 38.0 Å². The van der Waals surface area contributed by atoms with Crippen molar-refractivity contribution in [3.8, 4) is 5.75 Å². The van der Waals surface area contributed by atoms with E-state index in [4.69, 9.17) is 13.9 Å². The first-order valence-corrected chi connectivity index (χ1v) is 9.93. The minimum Gasteiger partial charge on any atom is -0.477 e.